The van der Waals surface area contributed by atoms with Crippen molar-refractivity contribution in [3.05, 3.63) is 36.5 Å². The Morgan fingerprint density at radius 2 is 1.36 bits per heavy atom. The summed E-state index contributed by atoms with van der Waals surface area (Å²) in [5.74, 6) is -6.53. The van der Waals surface area contributed by atoms with E-state index in [2.05, 4.69) is 26.8 Å². The smallest absolute Gasteiger partial charge is 0.330 e. The van der Waals surface area contributed by atoms with Gasteiger partial charge < -0.3 is 34.6 Å². The Hall–Kier alpha value is -2.21. The molecule has 0 saturated carbocycles. The summed E-state index contributed by atoms with van der Waals surface area (Å²) in [6.07, 6.45) is 11.1. The van der Waals surface area contributed by atoms with Crippen molar-refractivity contribution in [2.45, 2.75) is 170 Å². The lowest BCUT2D eigenvalue weighted by molar-refractivity contribution is -0.371. The van der Waals surface area contributed by atoms with E-state index in [9.17, 15) is 34.8 Å². The van der Waals surface area contributed by atoms with Crippen molar-refractivity contribution in [1.82, 2.24) is 0 Å². The molecule has 10 heteroatoms. The van der Waals surface area contributed by atoms with Crippen LogP contribution in [0.5, 0.6) is 0 Å². The molecule has 0 aromatic carbocycles. The predicted octanol–water partition coefficient (Wildman–Crippen LogP) is 6.77. The van der Waals surface area contributed by atoms with E-state index < -0.39 is 77.6 Å². The summed E-state index contributed by atoms with van der Waals surface area (Å²) < 4.78 is 20.0. The van der Waals surface area contributed by atoms with Crippen LogP contribution in [0.1, 0.15) is 121 Å². The maximum Gasteiger partial charge on any atom is 0.330 e. The van der Waals surface area contributed by atoms with Gasteiger partial charge in [0.25, 0.3) is 0 Å². The van der Waals surface area contributed by atoms with Crippen LogP contribution in [-0.2, 0) is 28.6 Å². The fraction of sp³-hybridized carbons (Fsp3) is 0.800. The normalized spacial score (nSPS) is 46.1. The Labute approximate surface area is 331 Å². The predicted molar refractivity (Wildman–Crippen MR) is 213 cm³/mol. The average Bonchev–Trinajstić information content (AvgIpc) is 3.16. The van der Waals surface area contributed by atoms with E-state index in [1.807, 2.05) is 32.1 Å². The van der Waals surface area contributed by atoms with Crippen LogP contribution >= 0.6 is 0 Å². The molecule has 0 aromatic heterocycles. The van der Waals surface area contributed by atoms with Gasteiger partial charge in [0, 0.05) is 53.9 Å². The van der Waals surface area contributed by atoms with Crippen LogP contribution in [0.15, 0.2) is 36.5 Å². The van der Waals surface area contributed by atoms with Crippen molar-refractivity contribution >= 4 is 17.5 Å². The molecule has 3 heterocycles. The number of carbonyl (C=O) groups is 3. The molecule has 314 valence electrons. The first-order valence-corrected chi connectivity index (χ1v) is 21.1. The molecule has 0 amide bonds. The minimum atomic E-state index is -1.30. The lowest BCUT2D eigenvalue weighted by Gasteiger charge is -2.55. The van der Waals surface area contributed by atoms with Crippen molar-refractivity contribution in [3.8, 4) is 0 Å². The molecule has 3 aliphatic rings. The first-order chi connectivity index (χ1) is 25.8. The first kappa shape index (κ1) is 47.2. The number of hydrogen-bond donors (Lipinski definition) is 4. The zero-order valence-electron chi connectivity index (χ0n) is 35.5. The van der Waals surface area contributed by atoms with Gasteiger partial charge in [-0.2, -0.15) is 0 Å². The highest BCUT2D eigenvalue weighted by Crippen LogP contribution is 2.49. The summed E-state index contributed by atoms with van der Waals surface area (Å²) in [5, 5.41) is 43.8. The van der Waals surface area contributed by atoms with E-state index in [1.54, 1.807) is 47.6 Å². The minimum absolute atomic E-state index is 0.144. The molecule has 0 aliphatic carbocycles. The molecule has 0 aromatic rings. The quantitative estimate of drug-likeness (QED) is 0.226. The monoisotopic (exact) mass is 775 g/mol. The van der Waals surface area contributed by atoms with E-state index in [0.717, 1.165) is 25.7 Å². The molecule has 0 radical (unpaired) electrons. The van der Waals surface area contributed by atoms with Gasteiger partial charge in [-0.15, -0.1) is 0 Å². The number of carbonyl (C=O) groups excluding carboxylic acids is 3. The molecule has 2 fully saturated rings. The maximum atomic E-state index is 13.5. The topological polar surface area (TPSA) is 160 Å². The SMILES string of the molecule is CC[C@@H]1/C=C\C=C/C[C@H](C)[C@H](O)[C@H](C)C(=O)[C@H](C)[C@H](O)[C@H](C)C(=O)[C@H](C)[C@H](O)[C@H](C)/C=C\C(=O)O[C@H]2[C@H](C)[C@@H](CC1)O[C@]1(CC[C@H](C)[C@H](C[C@H](C)O)O1)[C@@H]2C. The van der Waals surface area contributed by atoms with Gasteiger partial charge in [-0.1, -0.05) is 99.6 Å². The summed E-state index contributed by atoms with van der Waals surface area (Å²) in [5.41, 5.74) is 0. The number of allylic oxidation sites excluding steroid dienone is 4. The van der Waals surface area contributed by atoms with Gasteiger partial charge in [0.15, 0.2) is 5.79 Å². The lowest BCUT2D eigenvalue weighted by Crippen LogP contribution is -2.62. The highest BCUT2D eigenvalue weighted by atomic mass is 16.7. The van der Waals surface area contributed by atoms with Gasteiger partial charge in [0.05, 0.1) is 36.6 Å². The van der Waals surface area contributed by atoms with Gasteiger partial charge in [0.1, 0.15) is 17.7 Å². The standard InChI is InChI=1S/C45H74O10/c1-12-35-17-15-13-14-16-26(3)39(48)30(7)41(50)32(9)43(52)33(10)42(51)31(8)40(49)27(4)18-21-38(47)53-44-29(6)36(20-19-35)54-45(34(44)11)23-22-25(2)37(55-45)24-28(5)46/h13-15,17-18,21,25-37,39-40,43-44,46,48-49,52H,12,16,19-20,22-24H2,1-11H3/b14-13-,17-15-,21-18-/t25-,26-,27+,28-,29+,30-,31+,32-,33+,34+,35+,36+,37-,39-,40+,43-,44-,45-/m0/s1. The average molecular weight is 775 g/mol. The molecule has 10 nitrogen and oxygen atoms in total. The maximum absolute atomic E-state index is 13.5. The van der Waals surface area contributed by atoms with Crippen LogP contribution in [0, 0.1) is 59.2 Å². The van der Waals surface area contributed by atoms with Crippen LogP contribution in [0.2, 0.25) is 0 Å². The third-order valence-corrected chi connectivity index (χ3v) is 13.4. The van der Waals surface area contributed by atoms with Crippen LogP contribution in [0.4, 0.5) is 0 Å². The molecule has 1 spiro atoms. The molecule has 2 saturated heterocycles. The van der Waals surface area contributed by atoms with Crippen LogP contribution in [0.25, 0.3) is 0 Å². The van der Waals surface area contributed by atoms with Gasteiger partial charge >= 0.3 is 5.97 Å². The van der Waals surface area contributed by atoms with Gasteiger partial charge in [-0.25, -0.2) is 4.79 Å². The number of Topliss-reactive ketones (excluding diaryl/α,β-unsaturated/α-hetero) is 2. The summed E-state index contributed by atoms with van der Waals surface area (Å²) in [7, 11) is 0. The summed E-state index contributed by atoms with van der Waals surface area (Å²) >= 11 is 0. The Balaban J connectivity index is 1.97. The second kappa shape index (κ2) is 21.0. The van der Waals surface area contributed by atoms with Gasteiger partial charge in [-0.05, 0) is 63.2 Å². The number of hydrogen-bond acceptors (Lipinski definition) is 10. The zero-order chi connectivity index (χ0) is 41.4. The number of fused-ring (bicyclic) bond motifs is 2. The minimum Gasteiger partial charge on any atom is -0.458 e. The first-order valence-electron chi connectivity index (χ1n) is 21.1. The molecule has 4 N–H and O–H groups in total. The number of esters is 1. The van der Waals surface area contributed by atoms with Crippen molar-refractivity contribution in [3.63, 3.8) is 0 Å². The number of rotatable bonds is 3. The Morgan fingerprint density at radius 3 is 1.96 bits per heavy atom. The largest absolute Gasteiger partial charge is 0.458 e. The highest BCUT2D eigenvalue weighted by Gasteiger charge is 2.56. The van der Waals surface area contributed by atoms with Crippen LogP contribution in [-0.4, -0.2) is 86.5 Å². The van der Waals surface area contributed by atoms with E-state index in [1.165, 1.54) is 6.08 Å². The fourth-order valence-corrected chi connectivity index (χ4v) is 8.95. The van der Waals surface area contributed by atoms with Crippen LogP contribution < -0.4 is 0 Å². The second-order valence-corrected chi connectivity index (χ2v) is 17.7. The van der Waals surface area contributed by atoms with Crippen molar-refractivity contribution in [2.24, 2.45) is 59.2 Å². The Bertz CT molecular complexity index is 1340. The number of aliphatic hydroxyl groups excluding tert-OH is 4. The highest BCUT2D eigenvalue weighted by molar-refractivity contribution is 5.87. The van der Waals surface area contributed by atoms with E-state index in [4.69, 9.17) is 14.2 Å². The molecular formula is C45H74O10. The molecule has 2 bridgehead atoms. The number of aliphatic hydroxyl groups is 4. The van der Waals surface area contributed by atoms with Crippen molar-refractivity contribution in [2.75, 3.05) is 0 Å². The molecule has 3 aliphatic heterocycles. The Kier molecular flexibility index (Phi) is 18.0. The van der Waals surface area contributed by atoms with E-state index in [0.29, 0.717) is 19.3 Å². The van der Waals surface area contributed by atoms with E-state index in [-0.39, 0.29) is 47.6 Å². The van der Waals surface area contributed by atoms with Crippen molar-refractivity contribution in [1.29, 1.82) is 0 Å². The molecule has 18 atom stereocenters. The summed E-state index contributed by atoms with van der Waals surface area (Å²) in [6.45, 7) is 20.1. The van der Waals surface area contributed by atoms with Crippen molar-refractivity contribution < 1.29 is 49.0 Å². The number of ketones is 2. The molecule has 3 rings (SSSR count). The van der Waals surface area contributed by atoms with Gasteiger partial charge in [0.2, 0.25) is 0 Å². The summed E-state index contributed by atoms with van der Waals surface area (Å²) in [6, 6.07) is 0. The second-order valence-electron chi connectivity index (χ2n) is 17.7. The van der Waals surface area contributed by atoms with E-state index >= 15 is 0 Å². The fourth-order valence-electron chi connectivity index (χ4n) is 8.95. The van der Waals surface area contributed by atoms with Crippen LogP contribution in [0.3, 0.4) is 0 Å². The molecular weight excluding hydrogens is 700 g/mol. The summed E-state index contributed by atoms with van der Waals surface area (Å²) in [4.78, 5) is 40.4. The van der Waals surface area contributed by atoms with Gasteiger partial charge in [-0.3, -0.25) is 9.59 Å². The molecule has 0 unspecified atom stereocenters. The Morgan fingerprint density at radius 1 is 0.764 bits per heavy atom. The molecule has 55 heavy (non-hydrogen) atoms. The lowest BCUT2D eigenvalue weighted by atomic mass is 9.74. The zero-order valence-corrected chi connectivity index (χ0v) is 35.5. The number of ether oxygens (including phenoxy) is 3. The third-order valence-electron chi connectivity index (χ3n) is 13.4. The third kappa shape index (κ3) is 11.9.